The van der Waals surface area contributed by atoms with Crippen molar-refractivity contribution in [2.45, 2.75) is 13.5 Å². The van der Waals surface area contributed by atoms with E-state index in [2.05, 4.69) is 36.1 Å². The van der Waals surface area contributed by atoms with Crippen LogP contribution in [0.2, 0.25) is 0 Å². The van der Waals surface area contributed by atoms with Crippen molar-refractivity contribution < 1.29 is 13.6 Å². The van der Waals surface area contributed by atoms with Crippen molar-refractivity contribution in [2.75, 3.05) is 26.2 Å². The number of hydrogen-bond donors (Lipinski definition) is 0. The van der Waals surface area contributed by atoms with Crippen LogP contribution in [0.4, 0.5) is 8.78 Å². The van der Waals surface area contributed by atoms with Crippen LogP contribution in [0.5, 0.6) is 0 Å². The lowest BCUT2D eigenvalue weighted by Gasteiger charge is -2.34. The minimum Gasteiger partial charge on any atom is -0.336 e. The van der Waals surface area contributed by atoms with Crippen molar-refractivity contribution in [3.63, 3.8) is 0 Å². The van der Waals surface area contributed by atoms with Crippen molar-refractivity contribution in [2.24, 2.45) is 0 Å². The fourth-order valence-electron chi connectivity index (χ4n) is 2.92. The van der Waals surface area contributed by atoms with E-state index in [-0.39, 0.29) is 0 Å². The van der Waals surface area contributed by atoms with Crippen LogP contribution in [-0.4, -0.2) is 41.9 Å². The Kier molecular flexibility index (Phi) is 4.90. The van der Waals surface area contributed by atoms with Crippen LogP contribution >= 0.6 is 0 Å². The maximum Gasteiger partial charge on any atom is 0.259 e. The first-order chi connectivity index (χ1) is 11.5. The first-order valence-electron chi connectivity index (χ1n) is 8.06. The van der Waals surface area contributed by atoms with Gasteiger partial charge in [-0.15, -0.1) is 0 Å². The highest BCUT2D eigenvalue weighted by atomic mass is 19.1. The molecule has 1 amide bonds. The smallest absolute Gasteiger partial charge is 0.259 e. The number of rotatable bonds is 3. The molecule has 0 N–H and O–H groups in total. The summed E-state index contributed by atoms with van der Waals surface area (Å²) < 4.78 is 27.5. The summed E-state index contributed by atoms with van der Waals surface area (Å²) in [6.45, 7) is 5.19. The molecule has 0 saturated carbocycles. The monoisotopic (exact) mass is 330 g/mol. The molecule has 0 atom stereocenters. The van der Waals surface area contributed by atoms with Crippen LogP contribution in [0.1, 0.15) is 21.5 Å². The van der Waals surface area contributed by atoms with Crippen LogP contribution in [0.3, 0.4) is 0 Å². The summed E-state index contributed by atoms with van der Waals surface area (Å²) in [4.78, 5) is 16.1. The minimum absolute atomic E-state index is 0.454. The van der Waals surface area contributed by atoms with Gasteiger partial charge in [-0.1, -0.05) is 35.9 Å². The molecule has 0 bridgehead atoms. The van der Waals surface area contributed by atoms with Gasteiger partial charge in [-0.2, -0.15) is 0 Å². The number of nitrogens with zero attached hydrogens (tertiary/aromatic N) is 2. The normalized spacial score (nSPS) is 15.5. The van der Waals surface area contributed by atoms with Gasteiger partial charge in [0.15, 0.2) is 0 Å². The summed E-state index contributed by atoms with van der Waals surface area (Å²) in [6, 6.07) is 11.9. The number of halogens is 2. The number of aryl methyl sites for hydroxylation is 1. The van der Waals surface area contributed by atoms with Crippen molar-refractivity contribution in [1.29, 1.82) is 0 Å². The highest BCUT2D eigenvalue weighted by Gasteiger charge is 2.26. The molecule has 0 aromatic heterocycles. The summed E-state index contributed by atoms with van der Waals surface area (Å²) >= 11 is 0. The zero-order valence-corrected chi connectivity index (χ0v) is 13.6. The molecule has 5 heteroatoms. The summed E-state index contributed by atoms with van der Waals surface area (Å²) in [6.07, 6.45) is 0. The molecule has 2 aromatic rings. The van der Waals surface area contributed by atoms with Crippen molar-refractivity contribution in [1.82, 2.24) is 9.80 Å². The SMILES string of the molecule is Cc1ccc(CN2CCN(C(=O)c3c(F)cccc3F)CC2)cc1. The molecule has 1 saturated heterocycles. The third-order valence-electron chi connectivity index (χ3n) is 4.36. The highest BCUT2D eigenvalue weighted by molar-refractivity contribution is 5.94. The molecule has 0 radical (unpaired) electrons. The Morgan fingerprint density at radius 3 is 2.12 bits per heavy atom. The van der Waals surface area contributed by atoms with Gasteiger partial charge in [0.05, 0.1) is 0 Å². The zero-order valence-electron chi connectivity index (χ0n) is 13.6. The van der Waals surface area contributed by atoms with E-state index < -0.39 is 23.1 Å². The first-order valence-corrected chi connectivity index (χ1v) is 8.06. The van der Waals surface area contributed by atoms with Crippen molar-refractivity contribution in [3.8, 4) is 0 Å². The topological polar surface area (TPSA) is 23.6 Å². The zero-order chi connectivity index (χ0) is 17.1. The largest absolute Gasteiger partial charge is 0.336 e. The molecular weight excluding hydrogens is 310 g/mol. The molecule has 24 heavy (non-hydrogen) atoms. The Morgan fingerprint density at radius 1 is 0.958 bits per heavy atom. The highest BCUT2D eigenvalue weighted by Crippen LogP contribution is 2.17. The summed E-state index contributed by atoms with van der Waals surface area (Å²) in [7, 11) is 0. The van der Waals surface area contributed by atoms with E-state index in [1.54, 1.807) is 0 Å². The van der Waals surface area contributed by atoms with E-state index in [1.165, 1.54) is 22.1 Å². The predicted molar refractivity (Wildman–Crippen MR) is 88.7 cm³/mol. The molecule has 0 unspecified atom stereocenters. The molecular formula is C19H20F2N2O. The lowest BCUT2D eigenvalue weighted by atomic mass is 10.1. The van der Waals surface area contributed by atoms with E-state index in [0.29, 0.717) is 26.2 Å². The Bertz CT molecular complexity index is 702. The van der Waals surface area contributed by atoms with Gasteiger partial charge in [0, 0.05) is 32.7 Å². The molecule has 1 fully saturated rings. The first kappa shape index (κ1) is 16.6. The third kappa shape index (κ3) is 3.62. The van der Waals surface area contributed by atoms with E-state index in [9.17, 15) is 13.6 Å². The second kappa shape index (κ2) is 7.09. The number of carbonyl (C=O) groups excluding carboxylic acids is 1. The van der Waals surface area contributed by atoms with Crippen LogP contribution in [0.15, 0.2) is 42.5 Å². The molecule has 1 aliphatic heterocycles. The minimum atomic E-state index is -0.804. The van der Waals surface area contributed by atoms with E-state index in [1.807, 2.05) is 0 Å². The summed E-state index contributed by atoms with van der Waals surface area (Å²) in [5, 5.41) is 0. The number of hydrogen-bond acceptors (Lipinski definition) is 2. The number of carbonyl (C=O) groups is 1. The van der Waals surface area contributed by atoms with E-state index in [4.69, 9.17) is 0 Å². The molecule has 0 aliphatic carbocycles. The molecule has 3 nitrogen and oxygen atoms in total. The van der Waals surface area contributed by atoms with Crippen molar-refractivity contribution >= 4 is 5.91 Å². The lowest BCUT2D eigenvalue weighted by Crippen LogP contribution is -2.48. The van der Waals surface area contributed by atoms with Gasteiger partial charge in [-0.25, -0.2) is 8.78 Å². The fraction of sp³-hybridized carbons (Fsp3) is 0.316. The van der Waals surface area contributed by atoms with Gasteiger partial charge < -0.3 is 4.90 Å². The molecule has 126 valence electrons. The number of amides is 1. The Labute approximate surface area is 140 Å². The van der Waals surface area contributed by atoms with Gasteiger partial charge in [-0.05, 0) is 24.6 Å². The second-order valence-corrected chi connectivity index (χ2v) is 6.15. The quantitative estimate of drug-likeness (QED) is 0.863. The van der Waals surface area contributed by atoms with E-state index >= 15 is 0 Å². The molecule has 0 spiro atoms. The molecule has 3 rings (SSSR count). The van der Waals surface area contributed by atoms with Gasteiger partial charge >= 0.3 is 0 Å². The average molecular weight is 330 g/mol. The molecule has 1 heterocycles. The lowest BCUT2D eigenvalue weighted by molar-refractivity contribution is 0.0619. The standard InChI is InChI=1S/C19H20F2N2O/c1-14-5-7-15(8-6-14)13-22-9-11-23(12-10-22)19(24)18-16(20)3-2-4-17(18)21/h2-8H,9-13H2,1H3. The van der Waals surface area contributed by atoms with Crippen molar-refractivity contribution in [3.05, 3.63) is 70.8 Å². The number of benzene rings is 2. The van der Waals surface area contributed by atoms with Gasteiger partial charge in [0.1, 0.15) is 17.2 Å². The maximum absolute atomic E-state index is 13.8. The Hall–Kier alpha value is -2.27. The summed E-state index contributed by atoms with van der Waals surface area (Å²) in [5.74, 6) is -2.18. The van der Waals surface area contributed by atoms with Crippen LogP contribution in [-0.2, 0) is 6.54 Å². The third-order valence-corrected chi connectivity index (χ3v) is 4.36. The fourth-order valence-corrected chi connectivity index (χ4v) is 2.92. The maximum atomic E-state index is 13.8. The average Bonchev–Trinajstić information content (AvgIpc) is 2.57. The predicted octanol–water partition coefficient (Wildman–Crippen LogP) is 3.23. The van der Waals surface area contributed by atoms with Crippen LogP contribution in [0, 0.1) is 18.6 Å². The van der Waals surface area contributed by atoms with E-state index in [0.717, 1.165) is 18.7 Å². The van der Waals surface area contributed by atoms with Gasteiger partial charge in [-0.3, -0.25) is 9.69 Å². The second-order valence-electron chi connectivity index (χ2n) is 6.15. The van der Waals surface area contributed by atoms with Gasteiger partial charge in [0.25, 0.3) is 5.91 Å². The number of piperazine rings is 1. The van der Waals surface area contributed by atoms with Crippen LogP contribution in [0.25, 0.3) is 0 Å². The Morgan fingerprint density at radius 2 is 1.54 bits per heavy atom. The van der Waals surface area contributed by atoms with Crippen LogP contribution < -0.4 is 0 Å². The molecule has 1 aliphatic rings. The Balaban J connectivity index is 1.60. The van der Waals surface area contributed by atoms with Gasteiger partial charge in [0.2, 0.25) is 0 Å². The molecule has 2 aromatic carbocycles. The summed E-state index contributed by atoms with van der Waals surface area (Å²) in [5.41, 5.74) is 1.99.